The van der Waals surface area contributed by atoms with Crippen LogP contribution in [0.3, 0.4) is 0 Å². The minimum atomic E-state index is -1.32. The van der Waals surface area contributed by atoms with E-state index in [1.165, 1.54) is 30.4 Å². The van der Waals surface area contributed by atoms with Crippen molar-refractivity contribution in [2.24, 2.45) is 4.99 Å². The highest BCUT2D eigenvalue weighted by Crippen LogP contribution is 2.46. The predicted molar refractivity (Wildman–Crippen MR) is 134 cm³/mol. The highest BCUT2D eigenvalue weighted by atomic mass is 35.5. The fourth-order valence-electron chi connectivity index (χ4n) is 2.75. The average Bonchev–Trinajstić information content (AvgIpc) is 2.73. The molecular weight excluding hydrogens is 495 g/mol. The van der Waals surface area contributed by atoms with E-state index in [1.54, 1.807) is 19.2 Å². The molecule has 0 aliphatic carbocycles. The van der Waals surface area contributed by atoms with Crippen LogP contribution >= 0.6 is 34.8 Å². The number of hydrogen-bond donors (Lipinski definition) is 1. The number of anilines is 1. The Morgan fingerprint density at radius 2 is 1.78 bits per heavy atom. The van der Waals surface area contributed by atoms with Gasteiger partial charge >= 0.3 is 6.03 Å². The Hall–Kier alpha value is -1.65. The first kappa shape index (κ1) is 26.6. The molecule has 32 heavy (non-hydrogen) atoms. The van der Waals surface area contributed by atoms with Crippen molar-refractivity contribution in [3.63, 3.8) is 0 Å². The van der Waals surface area contributed by atoms with Gasteiger partial charge in [-0.3, -0.25) is 14.8 Å². The number of rotatable bonds is 9. The van der Waals surface area contributed by atoms with Gasteiger partial charge in [0.05, 0.1) is 26.2 Å². The van der Waals surface area contributed by atoms with Crippen molar-refractivity contribution < 1.29 is 19.0 Å². The zero-order valence-electron chi connectivity index (χ0n) is 19.0. The molecule has 1 N–H and O–H groups in total. The van der Waals surface area contributed by atoms with E-state index in [0.29, 0.717) is 23.9 Å². The number of amides is 2. The van der Waals surface area contributed by atoms with Gasteiger partial charge in [0, 0.05) is 27.8 Å². The quantitative estimate of drug-likeness (QED) is 0.158. The maximum atomic E-state index is 13.6. The van der Waals surface area contributed by atoms with E-state index in [1.807, 2.05) is 0 Å². The zero-order valence-corrected chi connectivity index (χ0v) is 22.3. The number of alkyl halides is 1. The van der Waals surface area contributed by atoms with Gasteiger partial charge < -0.3 is 19.5 Å². The van der Waals surface area contributed by atoms with Gasteiger partial charge in [-0.1, -0.05) is 54.4 Å². The third-order valence-corrected chi connectivity index (χ3v) is 7.31. The van der Waals surface area contributed by atoms with E-state index >= 15 is 0 Å². The van der Waals surface area contributed by atoms with Crippen molar-refractivity contribution >= 4 is 60.9 Å². The fraction of sp³-hybridized carbons (Fsp3) is 0.500. The molecule has 1 aliphatic rings. The minimum Gasteiger partial charge on any atom is -0.495 e. The van der Waals surface area contributed by atoms with Crippen LogP contribution in [-0.4, -0.2) is 65.4 Å². The normalized spacial score (nSPS) is 15.7. The second kappa shape index (κ2) is 11.5. The van der Waals surface area contributed by atoms with Crippen LogP contribution in [0.25, 0.3) is 0 Å². The summed E-state index contributed by atoms with van der Waals surface area (Å²) in [4.78, 5) is 20.3. The van der Waals surface area contributed by atoms with Gasteiger partial charge in [-0.2, -0.15) is 0 Å². The fourth-order valence-corrected chi connectivity index (χ4v) is 4.39. The summed E-state index contributed by atoms with van der Waals surface area (Å²) in [7, 11) is 3.21. The van der Waals surface area contributed by atoms with Crippen LogP contribution in [0.5, 0.6) is 11.5 Å². The van der Waals surface area contributed by atoms with E-state index in [-0.39, 0.29) is 22.5 Å². The molecule has 2 amide bonds. The number of benzene rings is 1. The second-order valence-electron chi connectivity index (χ2n) is 8.22. The molecule has 0 saturated heterocycles. The molecule has 1 atom stereocenters. The SMILES string of the molecule is COc1cc(OC)c(Cl)c(N(COCC[Si](C)(C)C)C(=O)N(C)C2=CC(Cl)N=CN2)c1Cl. The maximum absolute atomic E-state index is 13.6. The Morgan fingerprint density at radius 1 is 1.19 bits per heavy atom. The molecule has 1 aromatic carbocycles. The molecule has 8 nitrogen and oxygen atoms in total. The van der Waals surface area contributed by atoms with E-state index in [0.717, 1.165) is 6.04 Å². The monoisotopic (exact) mass is 522 g/mol. The van der Waals surface area contributed by atoms with Gasteiger partial charge in [0.1, 0.15) is 39.6 Å². The number of halogens is 3. The molecule has 1 aromatic rings. The summed E-state index contributed by atoms with van der Waals surface area (Å²) in [5, 5.41) is 3.24. The number of carbonyl (C=O) groups excluding carboxylic acids is 1. The van der Waals surface area contributed by atoms with Crippen molar-refractivity contribution in [3.05, 3.63) is 28.0 Å². The molecule has 1 heterocycles. The zero-order chi connectivity index (χ0) is 24.1. The molecular formula is C20H29Cl3N4O4Si. The number of carbonyl (C=O) groups is 1. The molecule has 2 rings (SSSR count). The van der Waals surface area contributed by atoms with Gasteiger partial charge in [-0.05, 0) is 12.1 Å². The van der Waals surface area contributed by atoms with E-state index in [9.17, 15) is 4.79 Å². The van der Waals surface area contributed by atoms with Gasteiger partial charge in [0.15, 0.2) is 0 Å². The summed E-state index contributed by atoms with van der Waals surface area (Å²) < 4.78 is 16.6. The molecule has 1 aliphatic heterocycles. The number of ether oxygens (including phenoxy) is 3. The van der Waals surface area contributed by atoms with Gasteiger partial charge in [-0.25, -0.2) is 4.79 Å². The number of urea groups is 1. The first-order chi connectivity index (χ1) is 15.0. The topological polar surface area (TPSA) is 75.6 Å². The third kappa shape index (κ3) is 6.68. The Bertz CT molecular complexity index is 864. The first-order valence-electron chi connectivity index (χ1n) is 9.87. The molecule has 0 bridgehead atoms. The van der Waals surface area contributed by atoms with Crippen molar-refractivity contribution in [2.75, 3.05) is 39.5 Å². The summed E-state index contributed by atoms with van der Waals surface area (Å²) in [6.07, 6.45) is 3.04. The van der Waals surface area contributed by atoms with Crippen LogP contribution in [0.15, 0.2) is 23.0 Å². The number of methoxy groups -OCH3 is 2. The van der Waals surface area contributed by atoms with E-state index in [2.05, 4.69) is 30.0 Å². The van der Waals surface area contributed by atoms with Crippen LogP contribution in [-0.2, 0) is 4.74 Å². The van der Waals surface area contributed by atoms with Crippen molar-refractivity contribution in [1.82, 2.24) is 10.2 Å². The molecule has 1 unspecified atom stereocenters. The Morgan fingerprint density at radius 3 is 2.28 bits per heavy atom. The summed E-state index contributed by atoms with van der Waals surface area (Å²) in [5.74, 6) is 1.08. The summed E-state index contributed by atoms with van der Waals surface area (Å²) >= 11 is 19.2. The molecule has 12 heteroatoms. The largest absolute Gasteiger partial charge is 0.495 e. The van der Waals surface area contributed by atoms with E-state index in [4.69, 9.17) is 49.0 Å². The van der Waals surface area contributed by atoms with Crippen LogP contribution in [0.1, 0.15) is 0 Å². The van der Waals surface area contributed by atoms with Gasteiger partial charge in [0.25, 0.3) is 0 Å². The molecule has 0 radical (unpaired) electrons. The molecule has 0 saturated carbocycles. The standard InChI is InChI=1S/C20H29Cl3N4O4Si/c1-26(16-10-15(21)24-11-25-16)20(28)27(12-31-7-8-32(4,5)6)19-17(22)13(29-2)9-14(30-3)18(19)23/h9-11,15H,7-8,12H2,1-6H3,(H,24,25). The average molecular weight is 524 g/mol. The Labute approximate surface area is 205 Å². The lowest BCUT2D eigenvalue weighted by molar-refractivity contribution is 0.143. The second-order valence-corrected chi connectivity index (χ2v) is 15.0. The van der Waals surface area contributed by atoms with Crippen LogP contribution < -0.4 is 19.7 Å². The maximum Gasteiger partial charge on any atom is 0.331 e. The lowest BCUT2D eigenvalue weighted by atomic mass is 10.2. The van der Waals surface area contributed by atoms with Gasteiger partial charge in [-0.15, -0.1) is 0 Å². The summed E-state index contributed by atoms with van der Waals surface area (Å²) in [6.45, 7) is 7.17. The van der Waals surface area contributed by atoms with Gasteiger partial charge in [0.2, 0.25) is 0 Å². The number of hydrogen-bond acceptors (Lipinski definition) is 6. The smallest absolute Gasteiger partial charge is 0.331 e. The Balaban J connectivity index is 2.44. The highest BCUT2D eigenvalue weighted by Gasteiger charge is 2.30. The third-order valence-electron chi connectivity index (χ3n) is 4.64. The molecule has 0 spiro atoms. The van der Waals surface area contributed by atoms with Crippen LogP contribution in [0.2, 0.25) is 35.7 Å². The number of nitrogens with zero attached hydrogens (tertiary/aromatic N) is 3. The van der Waals surface area contributed by atoms with Crippen molar-refractivity contribution in [1.29, 1.82) is 0 Å². The lowest BCUT2D eigenvalue weighted by Crippen LogP contribution is -2.45. The molecule has 0 fully saturated rings. The molecule has 0 aromatic heterocycles. The Kier molecular flexibility index (Phi) is 9.53. The molecule has 178 valence electrons. The number of aliphatic imine (C=N–C) groups is 1. The number of nitrogens with one attached hydrogen (secondary N) is 1. The summed E-state index contributed by atoms with van der Waals surface area (Å²) in [5.41, 5.74) is -0.367. The summed E-state index contributed by atoms with van der Waals surface area (Å²) in [6, 6.07) is 2.05. The van der Waals surface area contributed by atoms with Crippen LogP contribution in [0, 0.1) is 0 Å². The first-order valence-corrected chi connectivity index (χ1v) is 14.8. The lowest BCUT2D eigenvalue weighted by Gasteiger charge is -2.32. The minimum absolute atomic E-state index is 0.0743. The van der Waals surface area contributed by atoms with Crippen LogP contribution in [0.4, 0.5) is 10.5 Å². The van der Waals surface area contributed by atoms with Crippen molar-refractivity contribution in [2.45, 2.75) is 31.2 Å². The predicted octanol–water partition coefficient (Wildman–Crippen LogP) is 5.22. The van der Waals surface area contributed by atoms with E-state index < -0.39 is 19.6 Å². The van der Waals surface area contributed by atoms with Crippen molar-refractivity contribution in [3.8, 4) is 11.5 Å². The highest BCUT2D eigenvalue weighted by molar-refractivity contribution is 6.76.